The van der Waals surface area contributed by atoms with Gasteiger partial charge in [0.2, 0.25) is 0 Å². The summed E-state index contributed by atoms with van der Waals surface area (Å²) in [4.78, 5) is 12.5. The molecule has 0 aliphatic rings. The van der Waals surface area contributed by atoms with Crippen molar-refractivity contribution in [1.82, 2.24) is 4.90 Å². The van der Waals surface area contributed by atoms with Crippen LogP contribution in [0.4, 0.5) is 4.39 Å². The van der Waals surface area contributed by atoms with E-state index in [0.717, 1.165) is 5.56 Å². The molecule has 0 saturated carbocycles. The second-order valence-corrected chi connectivity index (χ2v) is 4.65. The van der Waals surface area contributed by atoms with Gasteiger partial charge in [-0.15, -0.1) is 0 Å². The molecule has 94 valence electrons. The van der Waals surface area contributed by atoms with Gasteiger partial charge in [-0.2, -0.15) is 0 Å². The molecule has 17 heavy (non-hydrogen) atoms. The zero-order valence-corrected chi connectivity index (χ0v) is 11.4. The van der Waals surface area contributed by atoms with Gasteiger partial charge in [0, 0.05) is 10.5 Å². The second kappa shape index (κ2) is 6.12. The number of aliphatic carboxylic acids is 1. The van der Waals surface area contributed by atoms with Crippen LogP contribution in [-0.4, -0.2) is 29.1 Å². The average Bonchev–Trinajstić information content (AvgIpc) is 2.24. The third kappa shape index (κ3) is 3.78. The summed E-state index contributed by atoms with van der Waals surface area (Å²) in [7, 11) is 0. The first-order chi connectivity index (χ1) is 7.95. The highest BCUT2D eigenvalue weighted by atomic mass is 79.9. The summed E-state index contributed by atoms with van der Waals surface area (Å²) < 4.78 is 13.6. The van der Waals surface area contributed by atoms with E-state index in [0.29, 0.717) is 11.0 Å². The molecule has 1 N–H and O–H groups in total. The zero-order valence-electron chi connectivity index (χ0n) is 9.78. The minimum atomic E-state index is -0.864. The first-order valence-electron chi connectivity index (χ1n) is 5.36. The summed E-state index contributed by atoms with van der Waals surface area (Å²) >= 11 is 3.30. The van der Waals surface area contributed by atoms with Gasteiger partial charge in [0.25, 0.3) is 0 Å². The monoisotopic (exact) mass is 303 g/mol. The lowest BCUT2D eigenvalue weighted by atomic mass is 10.1. The van der Waals surface area contributed by atoms with Gasteiger partial charge in [0.15, 0.2) is 0 Å². The van der Waals surface area contributed by atoms with Gasteiger partial charge in [-0.05, 0) is 31.2 Å². The van der Waals surface area contributed by atoms with E-state index in [2.05, 4.69) is 15.9 Å². The molecule has 0 amide bonds. The molecule has 0 aromatic heterocycles. The van der Waals surface area contributed by atoms with Gasteiger partial charge in [0.1, 0.15) is 5.82 Å². The highest BCUT2D eigenvalue weighted by Gasteiger charge is 2.18. The van der Waals surface area contributed by atoms with E-state index in [1.54, 1.807) is 11.0 Å². The molecule has 3 nitrogen and oxygen atoms in total. The largest absolute Gasteiger partial charge is 0.480 e. The number of halogens is 2. The highest BCUT2D eigenvalue weighted by Crippen LogP contribution is 2.28. The number of hydrogen-bond acceptors (Lipinski definition) is 2. The Labute approximate surface area is 108 Å². The number of likely N-dealkylation sites (N-methyl/N-ethyl adjacent to an activating group) is 1. The van der Waals surface area contributed by atoms with Gasteiger partial charge in [-0.25, -0.2) is 4.39 Å². The SMILES string of the molecule is CCN(CC(=O)O)C(C)c1ccc(F)cc1Br. The molecule has 0 spiro atoms. The maximum atomic E-state index is 13.0. The minimum Gasteiger partial charge on any atom is -0.480 e. The van der Waals surface area contributed by atoms with Crippen LogP contribution in [0.2, 0.25) is 0 Å². The minimum absolute atomic E-state index is 0.0263. The van der Waals surface area contributed by atoms with Crippen LogP contribution in [0.15, 0.2) is 22.7 Å². The molecule has 1 aromatic carbocycles. The Morgan fingerprint density at radius 3 is 2.71 bits per heavy atom. The summed E-state index contributed by atoms with van der Waals surface area (Å²) in [5.74, 6) is -1.17. The van der Waals surface area contributed by atoms with Crippen molar-refractivity contribution < 1.29 is 14.3 Å². The Morgan fingerprint density at radius 1 is 1.59 bits per heavy atom. The molecule has 0 fully saturated rings. The predicted molar refractivity (Wildman–Crippen MR) is 67.4 cm³/mol. The number of rotatable bonds is 5. The van der Waals surface area contributed by atoms with Crippen LogP contribution < -0.4 is 0 Å². The van der Waals surface area contributed by atoms with Crippen LogP contribution >= 0.6 is 15.9 Å². The zero-order chi connectivity index (χ0) is 13.0. The number of benzene rings is 1. The molecule has 0 aliphatic heterocycles. The molecule has 1 rings (SSSR count). The summed E-state index contributed by atoms with van der Waals surface area (Å²) in [5, 5.41) is 8.81. The molecular formula is C12H15BrFNO2. The Morgan fingerprint density at radius 2 is 2.24 bits per heavy atom. The predicted octanol–water partition coefficient (Wildman–Crippen LogP) is 3.06. The van der Waals surface area contributed by atoms with Crippen molar-refractivity contribution in [3.05, 3.63) is 34.1 Å². The van der Waals surface area contributed by atoms with E-state index in [9.17, 15) is 9.18 Å². The Kier molecular flexibility index (Phi) is 5.08. The lowest BCUT2D eigenvalue weighted by molar-refractivity contribution is -0.138. The number of carbonyl (C=O) groups is 1. The molecule has 1 atom stereocenters. The van der Waals surface area contributed by atoms with E-state index in [1.807, 2.05) is 13.8 Å². The molecule has 0 aliphatic carbocycles. The van der Waals surface area contributed by atoms with E-state index >= 15 is 0 Å². The fourth-order valence-electron chi connectivity index (χ4n) is 1.73. The van der Waals surface area contributed by atoms with Gasteiger partial charge < -0.3 is 5.11 Å². The van der Waals surface area contributed by atoms with Crippen LogP contribution in [0.25, 0.3) is 0 Å². The van der Waals surface area contributed by atoms with Crippen molar-refractivity contribution in [3.8, 4) is 0 Å². The third-order valence-corrected chi connectivity index (χ3v) is 3.39. The fourth-order valence-corrected chi connectivity index (χ4v) is 2.42. The quantitative estimate of drug-likeness (QED) is 0.909. The van der Waals surface area contributed by atoms with E-state index < -0.39 is 5.97 Å². The Hall–Kier alpha value is -0.940. The summed E-state index contributed by atoms with van der Waals surface area (Å²) in [6.45, 7) is 4.40. The van der Waals surface area contributed by atoms with Crippen molar-refractivity contribution in [2.45, 2.75) is 19.9 Å². The first kappa shape index (κ1) is 14.1. The van der Waals surface area contributed by atoms with E-state index in [1.165, 1.54) is 12.1 Å². The van der Waals surface area contributed by atoms with Crippen molar-refractivity contribution in [1.29, 1.82) is 0 Å². The molecule has 1 aromatic rings. The smallest absolute Gasteiger partial charge is 0.317 e. The van der Waals surface area contributed by atoms with E-state index in [-0.39, 0.29) is 18.4 Å². The molecular weight excluding hydrogens is 289 g/mol. The van der Waals surface area contributed by atoms with Crippen molar-refractivity contribution in [3.63, 3.8) is 0 Å². The van der Waals surface area contributed by atoms with Gasteiger partial charge >= 0.3 is 5.97 Å². The molecule has 1 unspecified atom stereocenters. The molecule has 0 heterocycles. The van der Waals surface area contributed by atoms with Crippen molar-refractivity contribution in [2.75, 3.05) is 13.1 Å². The number of nitrogens with zero attached hydrogens (tertiary/aromatic N) is 1. The Balaban J connectivity index is 2.93. The maximum absolute atomic E-state index is 13.0. The first-order valence-corrected chi connectivity index (χ1v) is 6.15. The standard InChI is InChI=1S/C12H15BrFNO2/c1-3-15(7-12(16)17)8(2)10-5-4-9(14)6-11(10)13/h4-6,8H,3,7H2,1-2H3,(H,16,17). The fraction of sp³-hybridized carbons (Fsp3) is 0.417. The third-order valence-electron chi connectivity index (χ3n) is 2.70. The normalized spacial score (nSPS) is 12.8. The van der Waals surface area contributed by atoms with Crippen LogP contribution in [0, 0.1) is 5.82 Å². The molecule has 5 heteroatoms. The summed E-state index contributed by atoms with van der Waals surface area (Å²) in [6.07, 6.45) is 0. The van der Waals surface area contributed by atoms with Crippen molar-refractivity contribution in [2.24, 2.45) is 0 Å². The lowest BCUT2D eigenvalue weighted by Crippen LogP contribution is -2.32. The maximum Gasteiger partial charge on any atom is 0.317 e. The summed E-state index contributed by atoms with van der Waals surface area (Å²) in [5.41, 5.74) is 0.884. The van der Waals surface area contributed by atoms with E-state index in [4.69, 9.17) is 5.11 Å². The Bertz CT molecular complexity index is 411. The molecule has 0 saturated heterocycles. The average molecular weight is 304 g/mol. The second-order valence-electron chi connectivity index (χ2n) is 3.80. The summed E-state index contributed by atoms with van der Waals surface area (Å²) in [6, 6.07) is 4.37. The van der Waals surface area contributed by atoms with Crippen LogP contribution in [0.1, 0.15) is 25.5 Å². The lowest BCUT2D eigenvalue weighted by Gasteiger charge is -2.27. The van der Waals surface area contributed by atoms with Gasteiger partial charge in [-0.3, -0.25) is 9.69 Å². The van der Waals surface area contributed by atoms with Crippen LogP contribution in [0.5, 0.6) is 0 Å². The molecule has 0 bridgehead atoms. The van der Waals surface area contributed by atoms with Gasteiger partial charge in [0.05, 0.1) is 6.54 Å². The van der Waals surface area contributed by atoms with Crippen LogP contribution in [-0.2, 0) is 4.79 Å². The highest BCUT2D eigenvalue weighted by molar-refractivity contribution is 9.10. The van der Waals surface area contributed by atoms with Crippen molar-refractivity contribution >= 4 is 21.9 Å². The number of hydrogen-bond donors (Lipinski definition) is 1. The van der Waals surface area contributed by atoms with Gasteiger partial charge in [-0.1, -0.05) is 28.9 Å². The molecule has 0 radical (unpaired) electrons. The topological polar surface area (TPSA) is 40.5 Å². The number of carboxylic acid groups (broad SMARTS) is 1. The number of carboxylic acids is 1. The van der Waals surface area contributed by atoms with Crippen LogP contribution in [0.3, 0.4) is 0 Å².